The summed E-state index contributed by atoms with van der Waals surface area (Å²) in [5.41, 5.74) is 0.620. The molecule has 0 heterocycles. The molecule has 2 N–H and O–H groups in total. The SMILES string of the molecule is Cc1cc(OCC(=O)O)ccc1NC(=O)C1(Oc2ccccc2)CC1. The number of hydrogen-bond acceptors (Lipinski definition) is 4. The number of aryl methyl sites for hydroxylation is 1. The average Bonchev–Trinajstić information content (AvgIpc) is 3.37. The second kappa shape index (κ2) is 6.84. The van der Waals surface area contributed by atoms with Crippen molar-refractivity contribution in [3.63, 3.8) is 0 Å². The molecule has 0 aliphatic heterocycles. The van der Waals surface area contributed by atoms with Crippen molar-refractivity contribution >= 4 is 17.6 Å². The highest BCUT2D eigenvalue weighted by Gasteiger charge is 2.53. The topological polar surface area (TPSA) is 84.9 Å². The van der Waals surface area contributed by atoms with E-state index in [1.807, 2.05) is 37.3 Å². The molecule has 0 saturated heterocycles. The Morgan fingerprint density at radius 3 is 2.44 bits per heavy atom. The van der Waals surface area contributed by atoms with Crippen molar-refractivity contribution < 1.29 is 24.2 Å². The van der Waals surface area contributed by atoms with Gasteiger partial charge in [0.2, 0.25) is 0 Å². The molecule has 6 heteroatoms. The molecule has 3 rings (SSSR count). The number of carbonyl (C=O) groups is 2. The van der Waals surface area contributed by atoms with Crippen LogP contribution in [0.1, 0.15) is 18.4 Å². The Bertz CT molecular complexity index is 784. The normalized spacial score (nSPS) is 14.4. The lowest BCUT2D eigenvalue weighted by Gasteiger charge is -2.19. The Morgan fingerprint density at radius 1 is 1.12 bits per heavy atom. The lowest BCUT2D eigenvalue weighted by Crippen LogP contribution is -2.35. The fraction of sp³-hybridized carbons (Fsp3) is 0.263. The Labute approximate surface area is 145 Å². The number of carboxylic acids is 1. The summed E-state index contributed by atoms with van der Waals surface area (Å²) in [6.45, 7) is 1.42. The third-order valence-corrected chi connectivity index (χ3v) is 3.98. The molecule has 0 aromatic heterocycles. The van der Waals surface area contributed by atoms with Crippen molar-refractivity contribution in [3.05, 3.63) is 54.1 Å². The molecule has 1 saturated carbocycles. The maximum absolute atomic E-state index is 12.6. The molecule has 2 aromatic carbocycles. The Morgan fingerprint density at radius 2 is 1.84 bits per heavy atom. The predicted octanol–water partition coefficient (Wildman–Crippen LogP) is 3.01. The second-order valence-electron chi connectivity index (χ2n) is 6.02. The second-order valence-corrected chi connectivity index (χ2v) is 6.02. The molecular weight excluding hydrogens is 322 g/mol. The third kappa shape index (κ3) is 4.09. The summed E-state index contributed by atoms with van der Waals surface area (Å²) in [5.74, 6) is -0.105. The van der Waals surface area contributed by atoms with Crippen LogP contribution in [0.5, 0.6) is 11.5 Å². The van der Waals surface area contributed by atoms with Crippen LogP contribution in [-0.4, -0.2) is 29.2 Å². The molecule has 2 aromatic rings. The van der Waals surface area contributed by atoms with Crippen molar-refractivity contribution in [3.8, 4) is 11.5 Å². The largest absolute Gasteiger partial charge is 0.482 e. The Balaban J connectivity index is 1.65. The van der Waals surface area contributed by atoms with Crippen LogP contribution in [0, 0.1) is 6.92 Å². The number of rotatable bonds is 7. The van der Waals surface area contributed by atoms with E-state index in [4.69, 9.17) is 14.6 Å². The van der Waals surface area contributed by atoms with Gasteiger partial charge in [0.05, 0.1) is 0 Å². The minimum absolute atomic E-state index is 0.182. The number of ether oxygens (including phenoxy) is 2. The van der Waals surface area contributed by atoms with Crippen molar-refractivity contribution in [1.29, 1.82) is 0 Å². The fourth-order valence-electron chi connectivity index (χ4n) is 2.45. The van der Waals surface area contributed by atoms with Gasteiger partial charge in [-0.05, 0) is 42.8 Å². The number of aliphatic carboxylic acids is 1. The van der Waals surface area contributed by atoms with Gasteiger partial charge in [-0.15, -0.1) is 0 Å². The van der Waals surface area contributed by atoms with Crippen LogP contribution >= 0.6 is 0 Å². The van der Waals surface area contributed by atoms with Crippen LogP contribution in [0.2, 0.25) is 0 Å². The molecule has 1 aliphatic carbocycles. The summed E-state index contributed by atoms with van der Waals surface area (Å²) in [7, 11) is 0. The highest BCUT2D eigenvalue weighted by molar-refractivity contribution is 6.00. The zero-order valence-electron chi connectivity index (χ0n) is 13.8. The van der Waals surface area contributed by atoms with Crippen molar-refractivity contribution in [2.24, 2.45) is 0 Å². The fourth-order valence-corrected chi connectivity index (χ4v) is 2.45. The van der Waals surface area contributed by atoms with Crippen molar-refractivity contribution in [1.82, 2.24) is 0 Å². The number of amides is 1. The number of para-hydroxylation sites is 1. The zero-order valence-corrected chi connectivity index (χ0v) is 13.8. The lowest BCUT2D eigenvalue weighted by atomic mass is 10.1. The molecule has 0 atom stereocenters. The van der Waals surface area contributed by atoms with Crippen LogP contribution in [0.3, 0.4) is 0 Å². The van der Waals surface area contributed by atoms with Gasteiger partial charge in [-0.3, -0.25) is 4.79 Å². The number of hydrogen-bond donors (Lipinski definition) is 2. The highest BCUT2D eigenvalue weighted by Crippen LogP contribution is 2.41. The summed E-state index contributed by atoms with van der Waals surface area (Å²) in [4.78, 5) is 23.1. The van der Waals surface area contributed by atoms with E-state index in [0.717, 1.165) is 5.56 Å². The smallest absolute Gasteiger partial charge is 0.341 e. The first-order valence-electron chi connectivity index (χ1n) is 7.99. The molecule has 0 unspecified atom stereocenters. The van der Waals surface area contributed by atoms with Gasteiger partial charge in [-0.2, -0.15) is 0 Å². The molecule has 0 spiro atoms. The van der Waals surface area contributed by atoms with Crippen LogP contribution in [0.4, 0.5) is 5.69 Å². The number of anilines is 1. The van der Waals surface area contributed by atoms with E-state index in [-0.39, 0.29) is 5.91 Å². The van der Waals surface area contributed by atoms with Crippen LogP contribution in [0.15, 0.2) is 48.5 Å². The summed E-state index contributed by atoms with van der Waals surface area (Å²) in [5, 5.41) is 11.5. The van der Waals surface area contributed by atoms with Gasteiger partial charge >= 0.3 is 5.97 Å². The van der Waals surface area contributed by atoms with E-state index in [9.17, 15) is 9.59 Å². The molecule has 1 amide bonds. The zero-order chi connectivity index (χ0) is 17.9. The van der Waals surface area contributed by atoms with Gasteiger partial charge < -0.3 is 19.9 Å². The number of nitrogens with one attached hydrogen (secondary N) is 1. The molecular formula is C19H19NO5. The summed E-state index contributed by atoms with van der Waals surface area (Å²) in [6.07, 6.45) is 1.35. The van der Waals surface area contributed by atoms with Gasteiger partial charge in [0.1, 0.15) is 11.5 Å². The van der Waals surface area contributed by atoms with E-state index in [1.54, 1.807) is 18.2 Å². The molecule has 130 valence electrons. The third-order valence-electron chi connectivity index (χ3n) is 3.98. The molecule has 0 bridgehead atoms. The first-order chi connectivity index (χ1) is 12.0. The maximum atomic E-state index is 12.6. The van der Waals surface area contributed by atoms with Gasteiger partial charge in [0.15, 0.2) is 12.2 Å². The van der Waals surface area contributed by atoms with E-state index >= 15 is 0 Å². The van der Waals surface area contributed by atoms with Gasteiger partial charge in [0.25, 0.3) is 5.91 Å². The molecule has 6 nitrogen and oxygen atoms in total. The summed E-state index contributed by atoms with van der Waals surface area (Å²) < 4.78 is 11.0. The van der Waals surface area contributed by atoms with Crippen LogP contribution in [0.25, 0.3) is 0 Å². The van der Waals surface area contributed by atoms with E-state index in [2.05, 4.69) is 5.32 Å². The number of benzene rings is 2. The lowest BCUT2D eigenvalue weighted by molar-refractivity contribution is -0.139. The monoisotopic (exact) mass is 341 g/mol. The average molecular weight is 341 g/mol. The first-order valence-corrected chi connectivity index (χ1v) is 7.99. The minimum atomic E-state index is -1.04. The first kappa shape index (κ1) is 16.8. The quantitative estimate of drug-likeness (QED) is 0.809. The standard InChI is InChI=1S/C19H19NO5/c1-13-11-15(24-12-17(21)22)7-8-16(13)20-18(23)19(9-10-19)25-14-5-3-2-4-6-14/h2-8,11H,9-10,12H2,1H3,(H,20,23)(H,21,22). The van der Waals surface area contributed by atoms with Crippen LogP contribution < -0.4 is 14.8 Å². The van der Waals surface area contributed by atoms with Gasteiger partial charge in [-0.25, -0.2) is 4.79 Å². The molecule has 0 radical (unpaired) electrons. The summed E-state index contributed by atoms with van der Waals surface area (Å²) in [6, 6.07) is 14.3. The van der Waals surface area contributed by atoms with Gasteiger partial charge in [0, 0.05) is 18.5 Å². The Kier molecular flexibility index (Phi) is 4.61. The predicted molar refractivity (Wildman–Crippen MR) is 92.0 cm³/mol. The summed E-state index contributed by atoms with van der Waals surface area (Å²) >= 11 is 0. The van der Waals surface area contributed by atoms with E-state index in [0.29, 0.717) is 30.0 Å². The minimum Gasteiger partial charge on any atom is -0.482 e. The molecule has 1 aliphatic rings. The van der Waals surface area contributed by atoms with E-state index in [1.165, 1.54) is 0 Å². The van der Waals surface area contributed by atoms with Crippen LogP contribution in [-0.2, 0) is 9.59 Å². The maximum Gasteiger partial charge on any atom is 0.341 e. The Hall–Kier alpha value is -3.02. The highest BCUT2D eigenvalue weighted by atomic mass is 16.5. The molecule has 25 heavy (non-hydrogen) atoms. The number of carbonyl (C=O) groups excluding carboxylic acids is 1. The van der Waals surface area contributed by atoms with Crippen molar-refractivity contribution in [2.75, 3.05) is 11.9 Å². The van der Waals surface area contributed by atoms with Gasteiger partial charge in [-0.1, -0.05) is 18.2 Å². The molecule has 1 fully saturated rings. The van der Waals surface area contributed by atoms with Crippen molar-refractivity contribution in [2.45, 2.75) is 25.4 Å². The number of carboxylic acid groups (broad SMARTS) is 1. The van der Waals surface area contributed by atoms with E-state index < -0.39 is 18.2 Å².